The summed E-state index contributed by atoms with van der Waals surface area (Å²) >= 11 is 2.76. The van der Waals surface area contributed by atoms with E-state index in [9.17, 15) is 9.59 Å². The Kier molecular flexibility index (Phi) is 11.1. The van der Waals surface area contributed by atoms with E-state index in [2.05, 4.69) is 41.3 Å². The van der Waals surface area contributed by atoms with E-state index in [4.69, 9.17) is 9.47 Å². The predicted octanol–water partition coefficient (Wildman–Crippen LogP) is 4.36. The number of hydrogen-bond donors (Lipinski definition) is 2. The van der Waals surface area contributed by atoms with Crippen LogP contribution in [-0.4, -0.2) is 61.4 Å². The SMILES string of the molecule is COc1ccc(Cn2cc(CCC(=O)Nc3nnc(CCCCc4nnc(NC(=O)Cc5ccccc5)s4)s3)nn2)cc1OC. The normalized spacial score (nSPS) is 10.9. The van der Waals surface area contributed by atoms with Gasteiger partial charge in [0, 0.05) is 31.9 Å². The number of aryl methyl sites for hydroxylation is 3. The van der Waals surface area contributed by atoms with E-state index in [-0.39, 0.29) is 18.2 Å². The van der Waals surface area contributed by atoms with Gasteiger partial charge in [0.1, 0.15) is 10.0 Å². The molecule has 0 aliphatic rings. The van der Waals surface area contributed by atoms with Crippen molar-refractivity contribution in [1.82, 2.24) is 35.4 Å². The van der Waals surface area contributed by atoms with Crippen LogP contribution in [-0.2, 0) is 41.8 Å². The second kappa shape index (κ2) is 15.8. The van der Waals surface area contributed by atoms with Crippen molar-refractivity contribution >= 4 is 44.8 Å². The number of methoxy groups -OCH3 is 2. The highest BCUT2D eigenvalue weighted by atomic mass is 32.1. The number of ether oxygens (including phenoxy) is 2. The molecule has 2 N–H and O–H groups in total. The Morgan fingerprint density at radius 1 is 0.756 bits per heavy atom. The summed E-state index contributed by atoms with van der Waals surface area (Å²) in [7, 11) is 3.20. The molecule has 3 heterocycles. The maximum Gasteiger partial charge on any atom is 0.230 e. The largest absolute Gasteiger partial charge is 0.493 e. The molecule has 2 amide bonds. The van der Waals surface area contributed by atoms with Gasteiger partial charge in [0.15, 0.2) is 11.5 Å². The van der Waals surface area contributed by atoms with Gasteiger partial charge in [-0.2, -0.15) is 0 Å². The summed E-state index contributed by atoms with van der Waals surface area (Å²) in [4.78, 5) is 24.8. The molecule has 0 atom stereocenters. The Bertz CT molecular complexity index is 1700. The van der Waals surface area contributed by atoms with Gasteiger partial charge in [0.2, 0.25) is 22.1 Å². The van der Waals surface area contributed by atoms with E-state index in [1.807, 2.05) is 54.7 Å². The molecule has 45 heavy (non-hydrogen) atoms. The fourth-order valence-electron chi connectivity index (χ4n) is 4.43. The minimum absolute atomic E-state index is 0.113. The third-order valence-electron chi connectivity index (χ3n) is 6.65. The molecule has 2 aromatic carbocycles. The van der Waals surface area contributed by atoms with Gasteiger partial charge in [-0.25, -0.2) is 4.68 Å². The molecule has 234 valence electrons. The predicted molar refractivity (Wildman–Crippen MR) is 171 cm³/mol. The number of benzene rings is 2. The third kappa shape index (κ3) is 9.61. The van der Waals surface area contributed by atoms with E-state index >= 15 is 0 Å². The van der Waals surface area contributed by atoms with Crippen LogP contribution < -0.4 is 20.1 Å². The van der Waals surface area contributed by atoms with Gasteiger partial charge in [-0.1, -0.05) is 64.3 Å². The van der Waals surface area contributed by atoms with Crippen molar-refractivity contribution in [1.29, 1.82) is 0 Å². The average Bonchev–Trinajstić information content (AvgIpc) is 3.80. The van der Waals surface area contributed by atoms with E-state index in [1.165, 1.54) is 22.7 Å². The number of aromatic nitrogens is 7. The number of rotatable bonds is 16. The molecule has 13 nitrogen and oxygen atoms in total. The summed E-state index contributed by atoms with van der Waals surface area (Å²) in [6.45, 7) is 0.516. The van der Waals surface area contributed by atoms with Gasteiger partial charge < -0.3 is 20.1 Å². The number of carbonyl (C=O) groups is 2. The molecule has 0 unspecified atom stereocenters. The van der Waals surface area contributed by atoms with E-state index < -0.39 is 0 Å². The highest BCUT2D eigenvalue weighted by Crippen LogP contribution is 2.28. The standard InChI is InChI=1S/C30H33N9O4S2/c1-42-23-14-12-21(16-24(23)43-2)18-39-19-22(33-38-39)13-15-25(40)31-29-36-34-27(44-29)10-6-7-11-28-35-37-30(45-28)32-26(41)17-20-8-4-3-5-9-20/h3-5,8-9,12,14,16,19H,6-7,10-11,13,15,17-18H2,1-2H3,(H,31,36,40)(H,32,37,41). The second-order valence-electron chi connectivity index (χ2n) is 10.1. The van der Waals surface area contributed by atoms with E-state index in [0.29, 0.717) is 41.1 Å². The quantitative estimate of drug-likeness (QED) is 0.147. The number of nitrogens with zero attached hydrogens (tertiary/aromatic N) is 7. The van der Waals surface area contributed by atoms with Crippen LogP contribution >= 0.6 is 22.7 Å². The molecule has 5 aromatic rings. The Balaban J connectivity index is 0.982. The summed E-state index contributed by atoms with van der Waals surface area (Å²) < 4.78 is 12.4. The van der Waals surface area contributed by atoms with Gasteiger partial charge in [0.05, 0.1) is 32.9 Å². The summed E-state index contributed by atoms with van der Waals surface area (Å²) in [5, 5.41) is 33.3. The number of carbonyl (C=O) groups excluding carboxylic acids is 2. The number of nitrogens with one attached hydrogen (secondary N) is 2. The number of hydrogen-bond acceptors (Lipinski definition) is 12. The van der Waals surface area contributed by atoms with Gasteiger partial charge >= 0.3 is 0 Å². The fraction of sp³-hybridized carbons (Fsp3) is 0.333. The summed E-state index contributed by atoms with van der Waals surface area (Å²) in [6, 6.07) is 15.3. The van der Waals surface area contributed by atoms with Crippen LogP contribution in [0, 0.1) is 0 Å². The van der Waals surface area contributed by atoms with Gasteiger partial charge in [-0.15, -0.1) is 25.5 Å². The van der Waals surface area contributed by atoms with Crippen molar-refractivity contribution in [2.24, 2.45) is 0 Å². The molecule has 5 rings (SSSR count). The molecule has 15 heteroatoms. The average molecular weight is 648 g/mol. The van der Waals surface area contributed by atoms with Crippen molar-refractivity contribution in [3.63, 3.8) is 0 Å². The van der Waals surface area contributed by atoms with Crippen LogP contribution in [0.3, 0.4) is 0 Å². The molecular weight excluding hydrogens is 615 g/mol. The molecule has 3 aromatic heterocycles. The Morgan fingerprint density at radius 2 is 1.42 bits per heavy atom. The first kappa shape index (κ1) is 31.7. The zero-order valence-electron chi connectivity index (χ0n) is 24.9. The van der Waals surface area contributed by atoms with Gasteiger partial charge in [0.25, 0.3) is 0 Å². The molecular formula is C30H33N9O4S2. The zero-order chi connectivity index (χ0) is 31.4. The van der Waals surface area contributed by atoms with Crippen LogP contribution in [0.2, 0.25) is 0 Å². The first-order valence-electron chi connectivity index (χ1n) is 14.4. The van der Waals surface area contributed by atoms with Crippen LogP contribution in [0.4, 0.5) is 10.3 Å². The zero-order valence-corrected chi connectivity index (χ0v) is 26.6. The molecule has 0 bridgehead atoms. The Hall–Kier alpha value is -4.76. The first-order chi connectivity index (χ1) is 22.0. The molecule has 0 saturated carbocycles. The molecule has 0 radical (unpaired) electrons. The maximum atomic E-state index is 12.5. The lowest BCUT2D eigenvalue weighted by Gasteiger charge is -2.09. The van der Waals surface area contributed by atoms with Crippen molar-refractivity contribution in [3.05, 3.63) is 81.6 Å². The lowest BCUT2D eigenvalue weighted by Crippen LogP contribution is -2.14. The molecule has 0 aliphatic heterocycles. The third-order valence-corrected chi connectivity index (χ3v) is 8.45. The second-order valence-corrected chi connectivity index (χ2v) is 12.2. The fourth-order valence-corrected chi connectivity index (χ4v) is 6.02. The monoisotopic (exact) mass is 647 g/mol. The first-order valence-corrected chi connectivity index (χ1v) is 16.0. The van der Waals surface area contributed by atoms with Gasteiger partial charge in [-0.3, -0.25) is 9.59 Å². The maximum absolute atomic E-state index is 12.5. The van der Waals surface area contributed by atoms with E-state index in [0.717, 1.165) is 52.5 Å². The molecule has 0 saturated heterocycles. The summed E-state index contributed by atoms with van der Waals surface area (Å²) in [6.07, 6.45) is 6.11. The Morgan fingerprint density at radius 3 is 2.09 bits per heavy atom. The van der Waals surface area contributed by atoms with Gasteiger partial charge in [-0.05, 0) is 36.1 Å². The topological polar surface area (TPSA) is 159 Å². The van der Waals surface area contributed by atoms with Crippen molar-refractivity contribution in [2.45, 2.75) is 51.5 Å². The molecule has 0 aliphatic carbocycles. The van der Waals surface area contributed by atoms with Crippen molar-refractivity contribution < 1.29 is 19.1 Å². The summed E-state index contributed by atoms with van der Waals surface area (Å²) in [5.74, 6) is 1.04. The smallest absolute Gasteiger partial charge is 0.230 e. The molecule has 0 spiro atoms. The molecule has 0 fully saturated rings. The summed E-state index contributed by atoms with van der Waals surface area (Å²) in [5.41, 5.74) is 2.66. The Labute approximate surface area is 268 Å². The number of amides is 2. The van der Waals surface area contributed by atoms with Crippen molar-refractivity contribution in [3.8, 4) is 11.5 Å². The van der Waals surface area contributed by atoms with Crippen LogP contribution in [0.5, 0.6) is 11.5 Å². The highest BCUT2D eigenvalue weighted by molar-refractivity contribution is 7.15. The lowest BCUT2D eigenvalue weighted by atomic mass is 10.1. The lowest BCUT2D eigenvalue weighted by molar-refractivity contribution is -0.116. The minimum atomic E-state index is -0.157. The minimum Gasteiger partial charge on any atom is -0.493 e. The van der Waals surface area contributed by atoms with Crippen LogP contribution in [0.15, 0.2) is 54.7 Å². The van der Waals surface area contributed by atoms with E-state index in [1.54, 1.807) is 18.9 Å². The number of anilines is 2. The van der Waals surface area contributed by atoms with Crippen LogP contribution in [0.1, 0.15) is 46.1 Å². The highest BCUT2D eigenvalue weighted by Gasteiger charge is 2.12. The van der Waals surface area contributed by atoms with Crippen molar-refractivity contribution in [2.75, 3.05) is 24.9 Å². The number of unbranched alkanes of at least 4 members (excludes halogenated alkanes) is 1. The van der Waals surface area contributed by atoms with Crippen LogP contribution in [0.25, 0.3) is 0 Å².